The molecule has 0 saturated heterocycles. The van der Waals surface area contributed by atoms with Crippen molar-refractivity contribution in [3.8, 4) is 0 Å². The second-order valence-electron chi connectivity index (χ2n) is 4.20. The smallest absolute Gasteiger partial charge is 0.360 e. The summed E-state index contributed by atoms with van der Waals surface area (Å²) < 4.78 is 11.7. The number of aryl methyl sites for hydroxylation is 2. The first kappa shape index (κ1) is 13.3. The molecule has 2 aromatic rings. The maximum atomic E-state index is 11.6. The first-order valence-corrected chi connectivity index (χ1v) is 6.03. The van der Waals surface area contributed by atoms with Crippen LogP contribution in [0.4, 0.5) is 0 Å². The van der Waals surface area contributed by atoms with Gasteiger partial charge in [-0.3, -0.25) is 0 Å². The van der Waals surface area contributed by atoms with Gasteiger partial charge in [0.15, 0.2) is 5.69 Å². The van der Waals surface area contributed by atoms with Crippen LogP contribution in [0.5, 0.6) is 0 Å². The number of hydrogen-bond acceptors (Lipinski definition) is 6. The topological polar surface area (TPSA) is 83.0 Å². The maximum Gasteiger partial charge on any atom is 0.360 e. The van der Waals surface area contributed by atoms with E-state index in [4.69, 9.17) is 9.26 Å². The fraction of sp³-hybridized carbons (Fsp3) is 0.500. The molecule has 0 aromatic carbocycles. The van der Waals surface area contributed by atoms with E-state index in [1.807, 2.05) is 13.8 Å². The minimum absolute atomic E-state index is 0.244. The lowest BCUT2D eigenvalue weighted by Crippen LogP contribution is -2.09. The molecule has 102 valence electrons. The molecule has 7 nitrogen and oxygen atoms in total. The van der Waals surface area contributed by atoms with Crippen LogP contribution in [-0.2, 0) is 11.3 Å². The molecule has 2 heterocycles. The molecule has 0 radical (unpaired) electrons. The Morgan fingerprint density at radius 1 is 1.37 bits per heavy atom. The van der Waals surface area contributed by atoms with E-state index >= 15 is 0 Å². The highest BCUT2D eigenvalue weighted by Gasteiger charge is 2.19. The number of carbonyl (C=O) groups is 1. The number of ether oxygens (including phenoxy) is 1. The standard InChI is InChI=1S/C12H16N4O3/c1-5-18-12(17)11-8(3)16(15-13-11)6-10-7(2)14-19-9(10)4/h5-6H2,1-4H3. The molecule has 0 aliphatic rings. The lowest BCUT2D eigenvalue weighted by Gasteiger charge is -2.03. The van der Waals surface area contributed by atoms with Crippen molar-refractivity contribution in [2.45, 2.75) is 34.2 Å². The Kier molecular flexibility index (Phi) is 3.64. The molecule has 19 heavy (non-hydrogen) atoms. The van der Waals surface area contributed by atoms with Gasteiger partial charge in [-0.2, -0.15) is 0 Å². The third kappa shape index (κ3) is 2.49. The van der Waals surface area contributed by atoms with E-state index in [0.29, 0.717) is 18.8 Å². The molecule has 2 rings (SSSR count). The van der Waals surface area contributed by atoms with Crippen LogP contribution in [0.25, 0.3) is 0 Å². The van der Waals surface area contributed by atoms with Gasteiger partial charge in [0, 0.05) is 5.56 Å². The van der Waals surface area contributed by atoms with Crippen molar-refractivity contribution in [1.82, 2.24) is 20.2 Å². The zero-order valence-corrected chi connectivity index (χ0v) is 11.4. The quantitative estimate of drug-likeness (QED) is 0.776. The van der Waals surface area contributed by atoms with Gasteiger partial charge in [-0.05, 0) is 27.7 Å². The molecule has 0 aliphatic carbocycles. The summed E-state index contributed by atoms with van der Waals surface area (Å²) in [5, 5.41) is 11.7. The predicted molar refractivity (Wildman–Crippen MR) is 65.8 cm³/mol. The van der Waals surface area contributed by atoms with Gasteiger partial charge in [0.1, 0.15) is 5.76 Å². The van der Waals surface area contributed by atoms with Crippen LogP contribution < -0.4 is 0 Å². The highest BCUT2D eigenvalue weighted by molar-refractivity contribution is 5.88. The average Bonchev–Trinajstić information content (AvgIpc) is 2.88. The van der Waals surface area contributed by atoms with Crippen molar-refractivity contribution >= 4 is 5.97 Å². The number of nitrogens with zero attached hydrogens (tertiary/aromatic N) is 4. The number of hydrogen-bond donors (Lipinski definition) is 0. The molecular weight excluding hydrogens is 248 g/mol. The third-order valence-corrected chi connectivity index (χ3v) is 2.94. The predicted octanol–water partition coefficient (Wildman–Crippen LogP) is 1.42. The highest BCUT2D eigenvalue weighted by atomic mass is 16.5. The fourth-order valence-corrected chi connectivity index (χ4v) is 1.78. The largest absolute Gasteiger partial charge is 0.461 e. The Balaban J connectivity index is 2.26. The van der Waals surface area contributed by atoms with E-state index in [1.165, 1.54) is 0 Å². The summed E-state index contributed by atoms with van der Waals surface area (Å²) in [4.78, 5) is 11.6. The Labute approximate surface area is 110 Å². The number of carbonyl (C=O) groups excluding carboxylic acids is 1. The SMILES string of the molecule is CCOC(=O)c1nnn(Cc2c(C)noc2C)c1C. The van der Waals surface area contributed by atoms with E-state index in [2.05, 4.69) is 15.5 Å². The Morgan fingerprint density at radius 3 is 2.68 bits per heavy atom. The van der Waals surface area contributed by atoms with Gasteiger partial charge >= 0.3 is 5.97 Å². The Morgan fingerprint density at radius 2 is 2.11 bits per heavy atom. The molecule has 0 spiro atoms. The molecule has 0 saturated carbocycles. The summed E-state index contributed by atoms with van der Waals surface area (Å²) in [7, 11) is 0. The molecule has 0 bridgehead atoms. The van der Waals surface area contributed by atoms with Gasteiger partial charge in [-0.15, -0.1) is 5.10 Å². The zero-order chi connectivity index (χ0) is 14.0. The minimum atomic E-state index is -0.454. The number of rotatable bonds is 4. The molecule has 0 atom stereocenters. The van der Waals surface area contributed by atoms with E-state index in [-0.39, 0.29) is 5.69 Å². The summed E-state index contributed by atoms with van der Waals surface area (Å²) in [6.07, 6.45) is 0. The van der Waals surface area contributed by atoms with Crippen LogP contribution in [0.3, 0.4) is 0 Å². The highest BCUT2D eigenvalue weighted by Crippen LogP contribution is 2.15. The summed E-state index contributed by atoms with van der Waals surface area (Å²) in [5.41, 5.74) is 2.67. The second-order valence-corrected chi connectivity index (χ2v) is 4.20. The Bertz CT molecular complexity index is 581. The lowest BCUT2D eigenvalue weighted by atomic mass is 10.2. The van der Waals surface area contributed by atoms with Gasteiger partial charge in [-0.1, -0.05) is 10.4 Å². The first-order valence-electron chi connectivity index (χ1n) is 6.03. The summed E-state index contributed by atoms with van der Waals surface area (Å²) in [6, 6.07) is 0. The van der Waals surface area contributed by atoms with E-state index in [0.717, 1.165) is 17.0 Å². The van der Waals surface area contributed by atoms with Crippen LogP contribution in [0.1, 0.15) is 40.1 Å². The van der Waals surface area contributed by atoms with E-state index in [9.17, 15) is 4.79 Å². The molecular formula is C12H16N4O3. The fourth-order valence-electron chi connectivity index (χ4n) is 1.78. The van der Waals surface area contributed by atoms with Gasteiger partial charge < -0.3 is 9.26 Å². The monoisotopic (exact) mass is 264 g/mol. The lowest BCUT2D eigenvalue weighted by molar-refractivity contribution is 0.0518. The van der Waals surface area contributed by atoms with Gasteiger partial charge in [0.05, 0.1) is 24.5 Å². The van der Waals surface area contributed by atoms with Crippen molar-refractivity contribution in [1.29, 1.82) is 0 Å². The van der Waals surface area contributed by atoms with E-state index in [1.54, 1.807) is 18.5 Å². The van der Waals surface area contributed by atoms with Crippen LogP contribution in [-0.4, -0.2) is 32.7 Å². The van der Waals surface area contributed by atoms with Gasteiger partial charge in [-0.25, -0.2) is 9.48 Å². The van der Waals surface area contributed by atoms with Gasteiger partial charge in [0.25, 0.3) is 0 Å². The maximum absolute atomic E-state index is 11.6. The molecule has 2 aromatic heterocycles. The van der Waals surface area contributed by atoms with Crippen molar-refractivity contribution in [2.75, 3.05) is 6.61 Å². The Hall–Kier alpha value is -2.18. The molecule has 0 amide bonds. The van der Waals surface area contributed by atoms with Crippen LogP contribution in [0.15, 0.2) is 4.52 Å². The molecule has 0 aliphatic heterocycles. The first-order chi connectivity index (χ1) is 9.04. The molecule has 7 heteroatoms. The molecule has 0 fully saturated rings. The molecule has 0 unspecified atom stereocenters. The van der Waals surface area contributed by atoms with Crippen molar-refractivity contribution in [2.24, 2.45) is 0 Å². The number of esters is 1. The zero-order valence-electron chi connectivity index (χ0n) is 11.4. The summed E-state index contributed by atoms with van der Waals surface area (Å²) >= 11 is 0. The van der Waals surface area contributed by atoms with Crippen LogP contribution in [0, 0.1) is 20.8 Å². The summed E-state index contributed by atoms with van der Waals surface area (Å²) in [5.74, 6) is 0.287. The van der Waals surface area contributed by atoms with Crippen molar-refractivity contribution in [3.63, 3.8) is 0 Å². The van der Waals surface area contributed by atoms with Crippen molar-refractivity contribution < 1.29 is 14.1 Å². The number of aromatic nitrogens is 4. The summed E-state index contributed by atoms with van der Waals surface area (Å²) in [6.45, 7) is 8.03. The molecule has 0 N–H and O–H groups in total. The van der Waals surface area contributed by atoms with Crippen LogP contribution >= 0.6 is 0 Å². The third-order valence-electron chi connectivity index (χ3n) is 2.94. The second kappa shape index (κ2) is 5.21. The van der Waals surface area contributed by atoms with Crippen molar-refractivity contribution in [3.05, 3.63) is 28.4 Å². The minimum Gasteiger partial charge on any atom is -0.461 e. The van der Waals surface area contributed by atoms with E-state index < -0.39 is 5.97 Å². The van der Waals surface area contributed by atoms with Crippen LogP contribution in [0.2, 0.25) is 0 Å². The normalized spacial score (nSPS) is 10.7. The van der Waals surface area contributed by atoms with Gasteiger partial charge in [0.2, 0.25) is 0 Å². The average molecular weight is 264 g/mol.